The number of aliphatic carboxylic acids is 2. The summed E-state index contributed by atoms with van der Waals surface area (Å²) < 4.78 is 0. The molecule has 0 bridgehead atoms. The van der Waals surface area contributed by atoms with Crippen LogP contribution in [-0.4, -0.2) is 49.6 Å². The number of nitrogens with zero attached hydrogens (tertiary/aromatic N) is 1. The number of rotatable bonds is 4. The van der Waals surface area contributed by atoms with Crippen LogP contribution in [0.4, 0.5) is 0 Å². The molecule has 6 N–H and O–H groups in total. The maximum atomic E-state index is 12.0. The zero-order valence-corrected chi connectivity index (χ0v) is 10.8. The average molecular weight is 294 g/mol. The molecule has 2 fully saturated rings. The molecule has 0 aliphatic heterocycles. The minimum absolute atomic E-state index is 0.0115. The van der Waals surface area contributed by atoms with Crippen molar-refractivity contribution < 1.29 is 24.6 Å². The van der Waals surface area contributed by atoms with Gasteiger partial charge >= 0.3 is 11.9 Å². The Bertz CT molecular complexity index is 615. The van der Waals surface area contributed by atoms with Gasteiger partial charge in [0, 0.05) is 18.2 Å². The van der Waals surface area contributed by atoms with Crippen molar-refractivity contribution in [2.45, 2.75) is 18.0 Å². The molecule has 3 rings (SSSR count). The van der Waals surface area contributed by atoms with Gasteiger partial charge in [0.2, 0.25) is 0 Å². The smallest absolute Gasteiger partial charge is 0.324 e. The zero-order chi connectivity index (χ0) is 15.4. The summed E-state index contributed by atoms with van der Waals surface area (Å²) >= 11 is 0. The van der Waals surface area contributed by atoms with Crippen molar-refractivity contribution in [2.75, 3.05) is 0 Å². The molecule has 0 aromatic carbocycles. The molecule has 5 unspecified atom stereocenters. The molecule has 5 atom stereocenters. The fraction of sp³-hybridized carbons (Fsp3) is 0.500. The second-order valence-electron chi connectivity index (χ2n) is 5.55. The number of nitrogens with two attached hydrogens (primary N) is 1. The number of aromatic nitrogens is 2. The number of carbonyl (C=O) groups excluding carboxylic acids is 1. The Morgan fingerprint density at radius 3 is 2.67 bits per heavy atom. The summed E-state index contributed by atoms with van der Waals surface area (Å²) in [6.45, 7) is 0. The molecule has 2 saturated carbocycles. The van der Waals surface area contributed by atoms with Crippen LogP contribution in [0.15, 0.2) is 12.5 Å². The van der Waals surface area contributed by atoms with Gasteiger partial charge in [0.15, 0.2) is 0 Å². The van der Waals surface area contributed by atoms with E-state index in [2.05, 4.69) is 15.3 Å². The summed E-state index contributed by atoms with van der Waals surface area (Å²) in [7, 11) is 0. The minimum atomic E-state index is -1.61. The first kappa shape index (κ1) is 13.6. The van der Waals surface area contributed by atoms with Crippen molar-refractivity contribution in [3.63, 3.8) is 0 Å². The molecule has 1 aromatic heterocycles. The van der Waals surface area contributed by atoms with Crippen LogP contribution in [-0.2, 0) is 9.59 Å². The van der Waals surface area contributed by atoms with Gasteiger partial charge in [-0.2, -0.15) is 0 Å². The van der Waals surface area contributed by atoms with E-state index in [9.17, 15) is 19.5 Å². The summed E-state index contributed by atoms with van der Waals surface area (Å²) in [4.78, 5) is 40.9. The predicted octanol–water partition coefficient (Wildman–Crippen LogP) is -1.36. The van der Waals surface area contributed by atoms with E-state index in [1.165, 1.54) is 12.5 Å². The number of amides is 1. The molecule has 0 spiro atoms. The lowest BCUT2D eigenvalue weighted by Gasteiger charge is -2.24. The predicted molar refractivity (Wildman–Crippen MR) is 67.1 cm³/mol. The maximum Gasteiger partial charge on any atom is 0.324 e. The second kappa shape index (κ2) is 4.29. The Kier molecular flexibility index (Phi) is 2.77. The number of hydrogen-bond donors (Lipinski definition) is 5. The van der Waals surface area contributed by atoms with Gasteiger partial charge in [-0.15, -0.1) is 0 Å². The van der Waals surface area contributed by atoms with Crippen molar-refractivity contribution >= 4 is 17.8 Å². The number of aromatic amines is 1. The first-order valence-electron chi connectivity index (χ1n) is 6.41. The zero-order valence-electron chi connectivity index (χ0n) is 10.8. The van der Waals surface area contributed by atoms with Crippen LogP contribution in [0.5, 0.6) is 0 Å². The van der Waals surface area contributed by atoms with E-state index in [-0.39, 0.29) is 12.1 Å². The summed E-state index contributed by atoms with van der Waals surface area (Å²) in [6.07, 6.45) is 2.75. The molecule has 1 amide bonds. The second-order valence-corrected chi connectivity index (χ2v) is 5.55. The summed E-state index contributed by atoms with van der Waals surface area (Å²) in [6, 6.07) is -0.582. The van der Waals surface area contributed by atoms with Crippen LogP contribution in [0.3, 0.4) is 0 Å². The third-order valence-electron chi connectivity index (χ3n) is 4.42. The van der Waals surface area contributed by atoms with E-state index in [1.54, 1.807) is 0 Å². The molecule has 21 heavy (non-hydrogen) atoms. The summed E-state index contributed by atoms with van der Waals surface area (Å²) in [5.74, 6) is -4.74. The van der Waals surface area contributed by atoms with Gasteiger partial charge in [0.05, 0.1) is 12.2 Å². The standard InChI is InChI=1S/C12H14N4O5/c13-12(11(20)21)1-4(6-7(8(6)12)10(18)19)16-9(17)5-2-14-3-15-5/h2-4,6-8H,1,13H2,(H,14,15)(H,16,17)(H,18,19)(H,20,21). The van der Waals surface area contributed by atoms with Gasteiger partial charge < -0.3 is 26.2 Å². The number of nitrogens with one attached hydrogen (secondary N) is 2. The number of carboxylic acids is 2. The quantitative estimate of drug-likeness (QED) is 0.458. The van der Waals surface area contributed by atoms with E-state index < -0.39 is 47.2 Å². The summed E-state index contributed by atoms with van der Waals surface area (Å²) in [5, 5.41) is 21.0. The first-order valence-corrected chi connectivity index (χ1v) is 6.41. The molecule has 2 aliphatic carbocycles. The highest BCUT2D eigenvalue weighted by Crippen LogP contribution is 2.61. The Morgan fingerprint density at radius 2 is 2.14 bits per heavy atom. The SMILES string of the molecule is NC1(C(=O)O)CC(NC(=O)c2c[nH]cn2)C2C(C(=O)O)C21. The molecular weight excluding hydrogens is 280 g/mol. The highest BCUT2D eigenvalue weighted by Gasteiger charge is 2.74. The third kappa shape index (κ3) is 1.88. The minimum Gasteiger partial charge on any atom is -0.481 e. The van der Waals surface area contributed by atoms with Crippen molar-refractivity contribution in [3.8, 4) is 0 Å². The highest BCUT2D eigenvalue weighted by atomic mass is 16.4. The van der Waals surface area contributed by atoms with Crippen LogP contribution < -0.4 is 11.1 Å². The highest BCUT2D eigenvalue weighted by molar-refractivity contribution is 5.93. The Morgan fingerprint density at radius 1 is 1.43 bits per heavy atom. The molecule has 1 aromatic rings. The van der Waals surface area contributed by atoms with Gasteiger partial charge in [-0.3, -0.25) is 14.4 Å². The Balaban J connectivity index is 1.80. The maximum absolute atomic E-state index is 12.0. The lowest BCUT2D eigenvalue weighted by Crippen LogP contribution is -2.52. The lowest BCUT2D eigenvalue weighted by atomic mass is 9.90. The van der Waals surface area contributed by atoms with Crippen molar-refractivity contribution in [3.05, 3.63) is 18.2 Å². The van der Waals surface area contributed by atoms with Gasteiger partial charge in [-0.25, -0.2) is 4.98 Å². The van der Waals surface area contributed by atoms with Gasteiger partial charge in [0.1, 0.15) is 11.2 Å². The number of H-pyrrole nitrogens is 1. The fourth-order valence-corrected chi connectivity index (χ4v) is 3.46. The molecule has 9 nitrogen and oxygen atoms in total. The molecular formula is C12H14N4O5. The number of carboxylic acid groups (broad SMARTS) is 2. The number of hydrogen-bond acceptors (Lipinski definition) is 5. The van der Waals surface area contributed by atoms with Crippen molar-refractivity contribution in [1.29, 1.82) is 0 Å². The number of fused-ring (bicyclic) bond motifs is 1. The monoisotopic (exact) mass is 294 g/mol. The molecule has 9 heteroatoms. The van der Waals surface area contributed by atoms with Crippen LogP contribution in [0, 0.1) is 17.8 Å². The van der Waals surface area contributed by atoms with Crippen LogP contribution in [0.25, 0.3) is 0 Å². The third-order valence-corrected chi connectivity index (χ3v) is 4.42. The molecule has 0 saturated heterocycles. The fourth-order valence-electron chi connectivity index (χ4n) is 3.46. The van der Waals surface area contributed by atoms with E-state index in [0.29, 0.717) is 0 Å². The molecule has 2 aliphatic rings. The van der Waals surface area contributed by atoms with Crippen molar-refractivity contribution in [1.82, 2.24) is 15.3 Å². The van der Waals surface area contributed by atoms with E-state index in [4.69, 9.17) is 10.8 Å². The largest absolute Gasteiger partial charge is 0.481 e. The first-order chi connectivity index (χ1) is 9.86. The van der Waals surface area contributed by atoms with E-state index in [0.717, 1.165) is 0 Å². The van der Waals surface area contributed by atoms with Gasteiger partial charge in [-0.1, -0.05) is 0 Å². The van der Waals surface area contributed by atoms with Crippen LogP contribution in [0.2, 0.25) is 0 Å². The number of carbonyl (C=O) groups is 3. The Labute approximate surface area is 118 Å². The molecule has 0 radical (unpaired) electrons. The van der Waals surface area contributed by atoms with Crippen LogP contribution >= 0.6 is 0 Å². The Hall–Kier alpha value is -2.42. The average Bonchev–Trinajstić information content (AvgIpc) is 2.78. The summed E-state index contributed by atoms with van der Waals surface area (Å²) in [5.41, 5.74) is 4.41. The molecule has 1 heterocycles. The van der Waals surface area contributed by atoms with E-state index in [1.807, 2.05) is 0 Å². The normalized spacial score (nSPS) is 36.8. The topological polar surface area (TPSA) is 158 Å². The van der Waals surface area contributed by atoms with Crippen LogP contribution in [0.1, 0.15) is 16.9 Å². The lowest BCUT2D eigenvalue weighted by molar-refractivity contribution is -0.145. The van der Waals surface area contributed by atoms with Gasteiger partial charge in [-0.05, 0) is 12.3 Å². The number of imidazole rings is 1. The molecule has 112 valence electrons. The van der Waals surface area contributed by atoms with Gasteiger partial charge in [0.25, 0.3) is 5.91 Å². The van der Waals surface area contributed by atoms with Crippen molar-refractivity contribution in [2.24, 2.45) is 23.5 Å². The van der Waals surface area contributed by atoms with E-state index >= 15 is 0 Å².